The van der Waals surface area contributed by atoms with Gasteiger partial charge in [0.25, 0.3) is 0 Å². The monoisotopic (exact) mass is 273 g/mol. The third-order valence-electron chi connectivity index (χ3n) is 4.01. The van der Waals surface area contributed by atoms with E-state index in [0.717, 1.165) is 18.7 Å². The van der Waals surface area contributed by atoms with Gasteiger partial charge in [-0.3, -0.25) is 0 Å². The van der Waals surface area contributed by atoms with Gasteiger partial charge in [-0.25, -0.2) is 0 Å². The van der Waals surface area contributed by atoms with Crippen molar-refractivity contribution in [2.45, 2.75) is 32.4 Å². The van der Waals surface area contributed by atoms with E-state index in [1.807, 2.05) is 18.2 Å². The summed E-state index contributed by atoms with van der Waals surface area (Å²) in [5, 5.41) is 12.7. The van der Waals surface area contributed by atoms with Crippen LogP contribution in [0.15, 0.2) is 18.2 Å². The van der Waals surface area contributed by atoms with E-state index in [-0.39, 0.29) is 0 Å². The second-order valence-electron chi connectivity index (χ2n) is 5.24. The number of nitrogens with one attached hydrogen (secondary N) is 1. The van der Waals surface area contributed by atoms with Crippen molar-refractivity contribution in [1.82, 2.24) is 10.2 Å². The summed E-state index contributed by atoms with van der Waals surface area (Å²) in [6.07, 6.45) is 2.41. The number of hydrogen-bond donors (Lipinski definition) is 1. The third-order valence-corrected chi connectivity index (χ3v) is 4.01. The molecule has 0 amide bonds. The average molecular weight is 273 g/mol. The van der Waals surface area contributed by atoms with Gasteiger partial charge in [-0.1, -0.05) is 13.0 Å². The van der Waals surface area contributed by atoms with Crippen LogP contribution in [-0.2, 0) is 6.54 Å². The highest BCUT2D eigenvalue weighted by molar-refractivity contribution is 5.45. The predicted octanol–water partition coefficient (Wildman–Crippen LogP) is 2.14. The summed E-state index contributed by atoms with van der Waals surface area (Å²) in [4.78, 5) is 2.49. The second kappa shape index (κ2) is 7.28. The van der Waals surface area contributed by atoms with Gasteiger partial charge in [0.2, 0.25) is 0 Å². The normalized spacial score (nSPS) is 16.9. The molecule has 2 rings (SSSR count). The van der Waals surface area contributed by atoms with Crippen molar-refractivity contribution in [3.05, 3.63) is 29.3 Å². The lowest BCUT2D eigenvalue weighted by Gasteiger charge is -2.31. The van der Waals surface area contributed by atoms with Crippen molar-refractivity contribution in [2.24, 2.45) is 0 Å². The van der Waals surface area contributed by atoms with Gasteiger partial charge in [-0.05, 0) is 50.2 Å². The van der Waals surface area contributed by atoms with Gasteiger partial charge in [-0.2, -0.15) is 5.26 Å². The molecule has 0 aromatic heterocycles. The summed E-state index contributed by atoms with van der Waals surface area (Å²) in [6, 6.07) is 8.57. The van der Waals surface area contributed by atoms with Crippen molar-refractivity contribution in [3.63, 3.8) is 0 Å². The zero-order valence-electron chi connectivity index (χ0n) is 12.4. The molecule has 0 spiro atoms. The summed E-state index contributed by atoms with van der Waals surface area (Å²) in [5.74, 6) is 0.646. The van der Waals surface area contributed by atoms with E-state index in [9.17, 15) is 0 Å². The minimum Gasteiger partial charge on any atom is -0.495 e. The SMILES string of the molecule is CCN1CCC(NCc2ccc(OC)c(C#N)c2)CC1. The van der Waals surface area contributed by atoms with Crippen LogP contribution in [0.5, 0.6) is 5.75 Å². The Morgan fingerprint density at radius 3 is 2.75 bits per heavy atom. The Labute approximate surface area is 121 Å². The van der Waals surface area contributed by atoms with Crippen LogP contribution in [0.25, 0.3) is 0 Å². The molecule has 0 saturated carbocycles. The van der Waals surface area contributed by atoms with Gasteiger partial charge in [0, 0.05) is 12.6 Å². The van der Waals surface area contributed by atoms with Crippen molar-refractivity contribution < 1.29 is 4.74 Å². The van der Waals surface area contributed by atoms with Crippen LogP contribution < -0.4 is 10.1 Å². The molecule has 4 nitrogen and oxygen atoms in total. The smallest absolute Gasteiger partial charge is 0.136 e. The van der Waals surface area contributed by atoms with Crippen molar-refractivity contribution in [2.75, 3.05) is 26.7 Å². The van der Waals surface area contributed by atoms with E-state index < -0.39 is 0 Å². The Morgan fingerprint density at radius 2 is 2.15 bits per heavy atom. The number of hydrogen-bond acceptors (Lipinski definition) is 4. The van der Waals surface area contributed by atoms with Gasteiger partial charge in [0.1, 0.15) is 11.8 Å². The van der Waals surface area contributed by atoms with Crippen molar-refractivity contribution >= 4 is 0 Å². The van der Waals surface area contributed by atoms with E-state index in [2.05, 4.69) is 23.2 Å². The van der Waals surface area contributed by atoms with Crippen molar-refractivity contribution in [3.8, 4) is 11.8 Å². The molecule has 1 aliphatic heterocycles. The highest BCUT2D eigenvalue weighted by Gasteiger charge is 2.17. The lowest BCUT2D eigenvalue weighted by molar-refractivity contribution is 0.206. The first-order valence-electron chi connectivity index (χ1n) is 7.29. The molecule has 0 unspecified atom stereocenters. The summed E-state index contributed by atoms with van der Waals surface area (Å²) in [7, 11) is 1.59. The lowest BCUT2D eigenvalue weighted by atomic mass is 10.0. The zero-order valence-corrected chi connectivity index (χ0v) is 12.4. The van der Waals surface area contributed by atoms with E-state index in [0.29, 0.717) is 17.4 Å². The molecular weight excluding hydrogens is 250 g/mol. The van der Waals surface area contributed by atoms with Gasteiger partial charge >= 0.3 is 0 Å². The van der Waals surface area contributed by atoms with Crippen molar-refractivity contribution in [1.29, 1.82) is 5.26 Å². The number of methoxy groups -OCH3 is 1. The minimum atomic E-state index is 0.588. The number of rotatable bonds is 5. The van der Waals surface area contributed by atoms with Crippen LogP contribution in [-0.4, -0.2) is 37.7 Å². The molecule has 20 heavy (non-hydrogen) atoms. The maximum absolute atomic E-state index is 9.09. The second-order valence-corrected chi connectivity index (χ2v) is 5.24. The van der Waals surface area contributed by atoms with Crippen LogP contribution in [0.3, 0.4) is 0 Å². The summed E-state index contributed by atoms with van der Waals surface area (Å²) >= 11 is 0. The van der Waals surface area contributed by atoms with Gasteiger partial charge < -0.3 is 15.0 Å². The minimum absolute atomic E-state index is 0.588. The first kappa shape index (κ1) is 14.8. The Bertz CT molecular complexity index is 473. The summed E-state index contributed by atoms with van der Waals surface area (Å²) in [5.41, 5.74) is 1.74. The third kappa shape index (κ3) is 3.72. The molecule has 1 aromatic carbocycles. The number of benzene rings is 1. The van der Waals surface area contributed by atoms with Gasteiger partial charge in [0.15, 0.2) is 0 Å². The molecule has 1 aliphatic rings. The quantitative estimate of drug-likeness (QED) is 0.893. The highest BCUT2D eigenvalue weighted by Crippen LogP contribution is 2.19. The molecule has 0 radical (unpaired) electrons. The molecular formula is C16H23N3O. The van der Waals surface area contributed by atoms with E-state index in [1.165, 1.54) is 25.9 Å². The fourth-order valence-corrected chi connectivity index (χ4v) is 2.67. The van der Waals surface area contributed by atoms with E-state index >= 15 is 0 Å². The molecule has 1 N–H and O–H groups in total. The maximum atomic E-state index is 9.09. The van der Waals surface area contributed by atoms with Crippen LogP contribution >= 0.6 is 0 Å². The first-order valence-corrected chi connectivity index (χ1v) is 7.29. The summed E-state index contributed by atoms with van der Waals surface area (Å²) in [6.45, 7) is 6.54. The van der Waals surface area contributed by atoms with Crippen LogP contribution in [0, 0.1) is 11.3 Å². The Balaban J connectivity index is 1.87. The van der Waals surface area contributed by atoms with Crippen LogP contribution in [0.1, 0.15) is 30.9 Å². The molecule has 1 heterocycles. The molecule has 1 aromatic rings. The van der Waals surface area contributed by atoms with Crippen LogP contribution in [0.4, 0.5) is 0 Å². The van der Waals surface area contributed by atoms with Crippen LogP contribution in [0.2, 0.25) is 0 Å². The largest absolute Gasteiger partial charge is 0.495 e. The number of nitrogens with zero attached hydrogens (tertiary/aromatic N) is 2. The molecule has 4 heteroatoms. The number of nitriles is 1. The van der Waals surface area contributed by atoms with E-state index in [1.54, 1.807) is 7.11 Å². The Hall–Kier alpha value is -1.57. The molecule has 0 bridgehead atoms. The first-order chi connectivity index (χ1) is 9.76. The molecule has 1 saturated heterocycles. The lowest BCUT2D eigenvalue weighted by Crippen LogP contribution is -2.42. The molecule has 0 atom stereocenters. The topological polar surface area (TPSA) is 48.3 Å². The van der Waals surface area contributed by atoms with Gasteiger partial charge in [0.05, 0.1) is 12.7 Å². The van der Waals surface area contributed by atoms with E-state index in [4.69, 9.17) is 10.00 Å². The predicted molar refractivity (Wildman–Crippen MR) is 79.7 cm³/mol. The highest BCUT2D eigenvalue weighted by atomic mass is 16.5. The Kier molecular flexibility index (Phi) is 5.40. The fourth-order valence-electron chi connectivity index (χ4n) is 2.67. The zero-order chi connectivity index (χ0) is 14.4. The standard InChI is InChI=1S/C16H23N3O/c1-3-19-8-6-15(7-9-19)18-12-13-4-5-16(20-2)14(10-13)11-17/h4-5,10,15,18H,3,6-9,12H2,1-2H3. The maximum Gasteiger partial charge on any atom is 0.136 e. The molecule has 1 fully saturated rings. The fraction of sp³-hybridized carbons (Fsp3) is 0.562. The Morgan fingerprint density at radius 1 is 1.40 bits per heavy atom. The average Bonchev–Trinajstić information content (AvgIpc) is 2.53. The molecule has 108 valence electrons. The number of likely N-dealkylation sites (tertiary alicyclic amines) is 1. The van der Waals surface area contributed by atoms with Gasteiger partial charge in [-0.15, -0.1) is 0 Å². The summed E-state index contributed by atoms with van der Waals surface area (Å²) < 4.78 is 5.16. The number of piperidine rings is 1. The number of ether oxygens (including phenoxy) is 1. The molecule has 0 aliphatic carbocycles.